The Hall–Kier alpha value is -2.97. The van der Waals surface area contributed by atoms with Crippen LogP contribution in [0.25, 0.3) is 11.4 Å². The van der Waals surface area contributed by atoms with E-state index in [-0.39, 0.29) is 5.69 Å². The monoisotopic (exact) mass is 347 g/mol. The maximum Gasteiger partial charge on any atom is 0.407 e. The highest BCUT2D eigenvalue weighted by molar-refractivity contribution is 5.87. The largest absolute Gasteiger partial charge is 0.464 e. The number of alkyl carbamates (subject to hydrolysis) is 1. The number of hydrogen-bond donors (Lipinski definition) is 1. The lowest BCUT2D eigenvalue weighted by Gasteiger charge is -2.19. The summed E-state index contributed by atoms with van der Waals surface area (Å²) in [5.74, 6) is -0.160. The lowest BCUT2D eigenvalue weighted by Crippen LogP contribution is -2.34. The van der Waals surface area contributed by atoms with Crippen molar-refractivity contribution in [1.82, 2.24) is 25.1 Å². The summed E-state index contributed by atoms with van der Waals surface area (Å²) in [5.41, 5.74) is 0.292. The van der Waals surface area contributed by atoms with Crippen LogP contribution in [0.1, 0.15) is 31.3 Å². The highest BCUT2D eigenvalue weighted by Gasteiger charge is 2.15. The Morgan fingerprint density at radius 1 is 1.32 bits per heavy atom. The average molecular weight is 347 g/mol. The van der Waals surface area contributed by atoms with E-state index in [9.17, 15) is 9.59 Å². The Morgan fingerprint density at radius 2 is 2.08 bits per heavy atom. The second-order valence-electron chi connectivity index (χ2n) is 6.18. The van der Waals surface area contributed by atoms with E-state index < -0.39 is 17.7 Å². The first-order chi connectivity index (χ1) is 11.8. The fourth-order valence-corrected chi connectivity index (χ4v) is 1.90. The first kappa shape index (κ1) is 18.4. The topological polar surface area (TPSA) is 108 Å². The van der Waals surface area contributed by atoms with Gasteiger partial charge in [-0.15, -0.1) is 0 Å². The van der Waals surface area contributed by atoms with Gasteiger partial charge in [0, 0.05) is 18.9 Å². The van der Waals surface area contributed by atoms with Crippen molar-refractivity contribution in [2.75, 3.05) is 13.7 Å². The van der Waals surface area contributed by atoms with E-state index in [4.69, 9.17) is 4.74 Å². The van der Waals surface area contributed by atoms with E-state index in [1.807, 2.05) is 0 Å². The normalized spacial score (nSPS) is 11.0. The summed E-state index contributed by atoms with van der Waals surface area (Å²) >= 11 is 0. The van der Waals surface area contributed by atoms with Crippen molar-refractivity contribution in [1.29, 1.82) is 0 Å². The van der Waals surface area contributed by atoms with Gasteiger partial charge in [-0.2, -0.15) is 5.10 Å². The predicted molar refractivity (Wildman–Crippen MR) is 88.8 cm³/mol. The molecule has 0 atom stereocenters. The highest BCUT2D eigenvalue weighted by atomic mass is 16.6. The Kier molecular flexibility index (Phi) is 5.68. The minimum absolute atomic E-state index is 0.173. The van der Waals surface area contributed by atoms with Gasteiger partial charge in [-0.3, -0.25) is 4.68 Å². The smallest absolute Gasteiger partial charge is 0.407 e. The summed E-state index contributed by atoms with van der Waals surface area (Å²) in [6.45, 7) is 6.22. The quantitative estimate of drug-likeness (QED) is 0.819. The number of aromatic nitrogens is 4. The van der Waals surface area contributed by atoms with Crippen LogP contribution in [0.4, 0.5) is 4.79 Å². The molecule has 0 spiro atoms. The molecule has 9 heteroatoms. The number of ether oxygens (including phenoxy) is 2. The van der Waals surface area contributed by atoms with Crippen LogP contribution in [0.15, 0.2) is 24.7 Å². The van der Waals surface area contributed by atoms with Gasteiger partial charge < -0.3 is 14.8 Å². The van der Waals surface area contributed by atoms with Crippen molar-refractivity contribution in [2.24, 2.45) is 0 Å². The Morgan fingerprint density at radius 3 is 2.76 bits per heavy atom. The average Bonchev–Trinajstić information content (AvgIpc) is 3.01. The van der Waals surface area contributed by atoms with Crippen molar-refractivity contribution in [2.45, 2.75) is 32.9 Å². The Labute approximate surface area is 145 Å². The molecule has 0 aliphatic rings. The molecule has 0 radical (unpaired) electrons. The number of nitrogens with one attached hydrogen (secondary N) is 1. The first-order valence-electron chi connectivity index (χ1n) is 7.69. The number of carbonyl (C=O) groups is 2. The van der Waals surface area contributed by atoms with Crippen LogP contribution in [0.3, 0.4) is 0 Å². The molecule has 25 heavy (non-hydrogen) atoms. The van der Waals surface area contributed by atoms with Gasteiger partial charge in [0.05, 0.1) is 25.4 Å². The number of esters is 1. The fraction of sp³-hybridized carbons (Fsp3) is 0.438. The molecule has 2 aromatic heterocycles. The standard InChI is InChI=1S/C16H21N5O4/c1-16(2,3)25-15(23)18-7-8-21-10-11(9-19-21)13-17-6-5-12(20-13)14(22)24-4/h5-6,9-10H,7-8H2,1-4H3,(H,18,23). The molecule has 0 saturated carbocycles. The molecule has 0 unspecified atom stereocenters. The van der Waals surface area contributed by atoms with Gasteiger partial charge in [0.15, 0.2) is 11.5 Å². The van der Waals surface area contributed by atoms with Gasteiger partial charge in [0.2, 0.25) is 0 Å². The van der Waals surface area contributed by atoms with Crippen LogP contribution in [0.5, 0.6) is 0 Å². The summed E-state index contributed by atoms with van der Waals surface area (Å²) in [7, 11) is 1.29. The Balaban J connectivity index is 1.94. The van der Waals surface area contributed by atoms with Crippen LogP contribution >= 0.6 is 0 Å². The second kappa shape index (κ2) is 7.73. The van der Waals surface area contributed by atoms with Crippen molar-refractivity contribution in [3.63, 3.8) is 0 Å². The molecule has 2 heterocycles. The highest BCUT2D eigenvalue weighted by Crippen LogP contribution is 2.13. The van der Waals surface area contributed by atoms with Crippen molar-refractivity contribution >= 4 is 12.1 Å². The van der Waals surface area contributed by atoms with Crippen LogP contribution < -0.4 is 5.32 Å². The molecule has 0 aliphatic heterocycles. The maximum absolute atomic E-state index is 11.6. The summed E-state index contributed by atoms with van der Waals surface area (Å²) in [4.78, 5) is 31.4. The molecule has 1 amide bonds. The van der Waals surface area contributed by atoms with Crippen molar-refractivity contribution in [3.8, 4) is 11.4 Å². The third-order valence-corrected chi connectivity index (χ3v) is 2.95. The van der Waals surface area contributed by atoms with Gasteiger partial charge in [0.1, 0.15) is 5.60 Å². The minimum atomic E-state index is -0.537. The molecule has 0 aliphatic carbocycles. The first-order valence-corrected chi connectivity index (χ1v) is 7.69. The van der Waals surface area contributed by atoms with E-state index in [2.05, 4.69) is 25.1 Å². The zero-order valence-corrected chi connectivity index (χ0v) is 14.6. The lowest BCUT2D eigenvalue weighted by molar-refractivity contribution is 0.0524. The second-order valence-corrected chi connectivity index (χ2v) is 6.18. The van der Waals surface area contributed by atoms with Gasteiger partial charge >= 0.3 is 12.1 Å². The molecule has 0 aromatic carbocycles. The lowest BCUT2D eigenvalue weighted by atomic mass is 10.2. The molecule has 1 N–H and O–H groups in total. The molecule has 134 valence electrons. The molecule has 2 rings (SSSR count). The van der Waals surface area contributed by atoms with Crippen molar-refractivity contribution < 1.29 is 19.1 Å². The molecular weight excluding hydrogens is 326 g/mol. The zero-order chi connectivity index (χ0) is 18.4. The third kappa shape index (κ3) is 5.55. The molecule has 0 bridgehead atoms. The summed E-state index contributed by atoms with van der Waals surface area (Å²) < 4.78 is 11.4. The summed E-state index contributed by atoms with van der Waals surface area (Å²) in [6.07, 6.45) is 4.32. The van der Waals surface area contributed by atoms with Gasteiger partial charge in [0.25, 0.3) is 0 Å². The number of methoxy groups -OCH3 is 1. The third-order valence-electron chi connectivity index (χ3n) is 2.95. The number of nitrogens with zero attached hydrogens (tertiary/aromatic N) is 4. The van der Waals surface area contributed by atoms with Crippen molar-refractivity contribution in [3.05, 3.63) is 30.4 Å². The van der Waals surface area contributed by atoms with E-state index in [0.717, 1.165) is 0 Å². The molecule has 0 fully saturated rings. The molecule has 9 nitrogen and oxygen atoms in total. The SMILES string of the molecule is COC(=O)c1ccnc(-c2cnn(CCNC(=O)OC(C)(C)C)c2)n1. The van der Waals surface area contributed by atoms with Gasteiger partial charge in [-0.05, 0) is 26.8 Å². The van der Waals surface area contributed by atoms with E-state index in [1.165, 1.54) is 19.4 Å². The van der Waals surface area contributed by atoms with E-state index >= 15 is 0 Å². The maximum atomic E-state index is 11.6. The van der Waals surface area contributed by atoms with Gasteiger partial charge in [-0.1, -0.05) is 0 Å². The van der Waals surface area contributed by atoms with Gasteiger partial charge in [-0.25, -0.2) is 19.6 Å². The van der Waals surface area contributed by atoms with Crippen LogP contribution in [0.2, 0.25) is 0 Å². The van der Waals surface area contributed by atoms with Crippen LogP contribution in [-0.2, 0) is 16.0 Å². The summed E-state index contributed by atoms with van der Waals surface area (Å²) in [5, 5.41) is 6.84. The van der Waals surface area contributed by atoms with Crippen LogP contribution in [-0.4, -0.2) is 51.1 Å². The molecular formula is C16H21N5O4. The van der Waals surface area contributed by atoms with E-state index in [1.54, 1.807) is 37.8 Å². The number of hydrogen-bond acceptors (Lipinski definition) is 7. The van der Waals surface area contributed by atoms with Crippen LogP contribution in [0, 0.1) is 0 Å². The fourth-order valence-electron chi connectivity index (χ4n) is 1.90. The minimum Gasteiger partial charge on any atom is -0.464 e. The predicted octanol–water partition coefficient (Wildman–Crippen LogP) is 1.65. The molecule has 2 aromatic rings. The zero-order valence-electron chi connectivity index (χ0n) is 14.6. The van der Waals surface area contributed by atoms with E-state index in [0.29, 0.717) is 24.5 Å². The number of amides is 1. The molecule has 0 saturated heterocycles. The summed E-state index contributed by atoms with van der Waals surface area (Å²) in [6, 6.07) is 1.48. The number of rotatable bonds is 5. The number of carbonyl (C=O) groups excluding carboxylic acids is 2. The Bertz CT molecular complexity index is 751.